The highest BCUT2D eigenvalue weighted by Gasteiger charge is 2.39. The summed E-state index contributed by atoms with van der Waals surface area (Å²) in [5, 5.41) is 3.15. The quantitative estimate of drug-likeness (QED) is 0.641. The van der Waals surface area contributed by atoms with Gasteiger partial charge < -0.3 is 5.32 Å². The third kappa shape index (κ3) is 3.11. The van der Waals surface area contributed by atoms with Gasteiger partial charge in [-0.2, -0.15) is 0 Å². The zero-order valence-electron chi connectivity index (χ0n) is 15.3. The molecule has 28 heavy (non-hydrogen) atoms. The van der Waals surface area contributed by atoms with Crippen LogP contribution in [0.3, 0.4) is 0 Å². The van der Waals surface area contributed by atoms with Gasteiger partial charge in [-0.05, 0) is 49.1 Å². The second-order valence-electron chi connectivity index (χ2n) is 7.28. The van der Waals surface area contributed by atoms with Gasteiger partial charge in [0, 0.05) is 12.0 Å². The van der Waals surface area contributed by atoms with Crippen molar-refractivity contribution in [2.75, 3.05) is 6.54 Å². The molecule has 4 rings (SSSR count). The van der Waals surface area contributed by atoms with Gasteiger partial charge in [0.05, 0.1) is 5.39 Å². The average Bonchev–Trinajstić information content (AvgIpc) is 2.61. The van der Waals surface area contributed by atoms with Gasteiger partial charge in [0.25, 0.3) is 11.5 Å². The fourth-order valence-corrected chi connectivity index (χ4v) is 3.78. The van der Waals surface area contributed by atoms with Gasteiger partial charge in [0.1, 0.15) is 17.2 Å². The van der Waals surface area contributed by atoms with E-state index in [0.717, 1.165) is 24.8 Å². The summed E-state index contributed by atoms with van der Waals surface area (Å²) in [6.45, 7) is 2.09. The summed E-state index contributed by atoms with van der Waals surface area (Å²) >= 11 is 0. The van der Waals surface area contributed by atoms with Crippen molar-refractivity contribution in [3.63, 3.8) is 0 Å². The summed E-state index contributed by atoms with van der Waals surface area (Å²) in [4.78, 5) is 44.9. The number of fused-ring (bicyclic) bond motifs is 1. The Labute approximate surface area is 159 Å². The van der Waals surface area contributed by atoms with Crippen molar-refractivity contribution >= 4 is 16.9 Å². The number of rotatable bonds is 4. The molecule has 1 fully saturated rings. The van der Waals surface area contributed by atoms with Crippen molar-refractivity contribution in [2.24, 2.45) is 0 Å². The number of nitrogens with one attached hydrogen (secondary N) is 3. The number of pyridine rings is 1. The van der Waals surface area contributed by atoms with Crippen LogP contribution in [0.5, 0.6) is 0 Å². The molecule has 2 aromatic heterocycles. The Balaban J connectivity index is 1.59. The van der Waals surface area contributed by atoms with E-state index in [0.29, 0.717) is 12.1 Å². The lowest BCUT2D eigenvalue weighted by atomic mass is 9.64. The first-order valence-corrected chi connectivity index (χ1v) is 9.06. The lowest BCUT2D eigenvalue weighted by molar-refractivity contribution is 0.0923. The van der Waals surface area contributed by atoms with Gasteiger partial charge in [-0.15, -0.1) is 0 Å². The van der Waals surface area contributed by atoms with Crippen LogP contribution in [0.4, 0.5) is 4.39 Å². The first-order chi connectivity index (χ1) is 13.4. The van der Waals surface area contributed by atoms with E-state index in [1.807, 2.05) is 0 Å². The Morgan fingerprint density at radius 3 is 2.57 bits per heavy atom. The molecule has 0 bridgehead atoms. The number of aromatic nitrogens is 3. The molecular weight excluding hydrogens is 363 g/mol. The summed E-state index contributed by atoms with van der Waals surface area (Å²) in [6.07, 6.45) is 2.86. The molecule has 144 valence electrons. The molecule has 1 aliphatic rings. The summed E-state index contributed by atoms with van der Waals surface area (Å²) < 4.78 is 13.2. The predicted octanol–water partition coefficient (Wildman–Crippen LogP) is 1.91. The topological polar surface area (TPSA) is 108 Å². The summed E-state index contributed by atoms with van der Waals surface area (Å²) in [6, 6.07) is 7.90. The number of benzene rings is 1. The zero-order valence-corrected chi connectivity index (χ0v) is 15.3. The fourth-order valence-electron chi connectivity index (χ4n) is 3.78. The number of carbonyl (C=O) groups excluding carboxylic acids is 1. The van der Waals surface area contributed by atoms with E-state index in [-0.39, 0.29) is 33.9 Å². The maximum Gasteiger partial charge on any atom is 0.327 e. The highest BCUT2D eigenvalue weighted by molar-refractivity contribution is 5.95. The van der Waals surface area contributed by atoms with Gasteiger partial charge in [-0.3, -0.25) is 19.6 Å². The maximum atomic E-state index is 13.2. The van der Waals surface area contributed by atoms with Gasteiger partial charge >= 0.3 is 5.69 Å². The molecule has 0 atom stereocenters. The largest absolute Gasteiger partial charge is 0.350 e. The Bertz CT molecular complexity index is 1180. The van der Waals surface area contributed by atoms with Crippen LogP contribution in [0.1, 0.15) is 40.9 Å². The molecule has 2 heterocycles. The minimum absolute atomic E-state index is 0.0794. The third-order valence-corrected chi connectivity index (χ3v) is 5.49. The van der Waals surface area contributed by atoms with E-state index < -0.39 is 11.2 Å². The number of hydrogen-bond acceptors (Lipinski definition) is 4. The van der Waals surface area contributed by atoms with E-state index in [1.165, 1.54) is 18.2 Å². The number of aromatic amines is 2. The van der Waals surface area contributed by atoms with Crippen LogP contribution < -0.4 is 16.6 Å². The molecule has 0 spiro atoms. The number of nitrogens with zero attached hydrogens (tertiary/aromatic N) is 1. The van der Waals surface area contributed by atoms with Crippen molar-refractivity contribution in [1.82, 2.24) is 20.3 Å². The van der Waals surface area contributed by atoms with Crippen molar-refractivity contribution in [2.45, 2.75) is 31.6 Å². The van der Waals surface area contributed by atoms with E-state index in [2.05, 4.69) is 20.3 Å². The van der Waals surface area contributed by atoms with Crippen LogP contribution in [0.15, 0.2) is 39.9 Å². The Hall–Kier alpha value is -3.29. The monoisotopic (exact) mass is 382 g/mol. The highest BCUT2D eigenvalue weighted by atomic mass is 19.1. The van der Waals surface area contributed by atoms with Gasteiger partial charge in [-0.1, -0.05) is 18.6 Å². The summed E-state index contributed by atoms with van der Waals surface area (Å²) in [5.74, 6) is -0.679. The SMILES string of the molecule is Cc1cc(C(=O)NCC2(c3ccc(F)cc3)CCC2)nc2[nH]c(=O)[nH]c(=O)c12. The standard InChI is InChI=1S/C20H19FN4O3/c1-11-9-14(23-16-15(11)18(27)25-19(28)24-16)17(26)22-10-20(7-2-8-20)12-3-5-13(21)6-4-12/h3-6,9H,2,7-8,10H2,1H3,(H,22,26)(H2,23,24,25,27,28). The maximum absolute atomic E-state index is 13.2. The lowest BCUT2D eigenvalue weighted by Gasteiger charge is -2.42. The molecular formula is C20H19FN4O3. The number of amides is 1. The molecule has 0 aliphatic heterocycles. The minimum atomic E-state index is -0.674. The molecule has 0 saturated heterocycles. The third-order valence-electron chi connectivity index (χ3n) is 5.49. The number of halogens is 1. The molecule has 3 aromatic rings. The Morgan fingerprint density at radius 2 is 1.93 bits per heavy atom. The van der Waals surface area contributed by atoms with Gasteiger partial charge in [-0.25, -0.2) is 14.2 Å². The normalized spacial score (nSPS) is 15.2. The number of aryl methyl sites for hydroxylation is 1. The Morgan fingerprint density at radius 1 is 1.21 bits per heavy atom. The van der Waals surface area contributed by atoms with Crippen LogP contribution >= 0.6 is 0 Å². The number of hydrogen-bond donors (Lipinski definition) is 3. The van der Waals surface area contributed by atoms with E-state index >= 15 is 0 Å². The highest BCUT2D eigenvalue weighted by Crippen LogP contribution is 2.43. The number of H-pyrrole nitrogens is 2. The van der Waals surface area contributed by atoms with Crippen molar-refractivity contribution in [1.29, 1.82) is 0 Å². The van der Waals surface area contributed by atoms with Crippen LogP contribution in [0.25, 0.3) is 11.0 Å². The van der Waals surface area contributed by atoms with E-state index in [4.69, 9.17) is 0 Å². The molecule has 3 N–H and O–H groups in total. The van der Waals surface area contributed by atoms with Crippen molar-refractivity contribution < 1.29 is 9.18 Å². The summed E-state index contributed by atoms with van der Waals surface area (Å²) in [5.41, 5.74) is 0.326. The predicted molar refractivity (Wildman–Crippen MR) is 102 cm³/mol. The van der Waals surface area contributed by atoms with Crippen LogP contribution in [0.2, 0.25) is 0 Å². The second-order valence-corrected chi connectivity index (χ2v) is 7.28. The van der Waals surface area contributed by atoms with Crippen LogP contribution in [0, 0.1) is 12.7 Å². The zero-order chi connectivity index (χ0) is 19.9. The first kappa shape index (κ1) is 18.1. The molecule has 7 nitrogen and oxygen atoms in total. The van der Waals surface area contributed by atoms with Gasteiger partial charge in [0.15, 0.2) is 0 Å². The molecule has 0 unspecified atom stereocenters. The van der Waals surface area contributed by atoms with Crippen molar-refractivity contribution in [3.05, 3.63) is 73.8 Å². The summed E-state index contributed by atoms with van der Waals surface area (Å²) in [7, 11) is 0. The molecule has 1 aliphatic carbocycles. The first-order valence-electron chi connectivity index (χ1n) is 9.06. The Kier molecular flexibility index (Phi) is 4.33. The lowest BCUT2D eigenvalue weighted by Crippen LogP contribution is -2.45. The minimum Gasteiger partial charge on any atom is -0.350 e. The van der Waals surface area contributed by atoms with Crippen molar-refractivity contribution in [3.8, 4) is 0 Å². The van der Waals surface area contributed by atoms with E-state index in [1.54, 1.807) is 19.1 Å². The molecule has 8 heteroatoms. The number of carbonyl (C=O) groups is 1. The van der Waals surface area contributed by atoms with Gasteiger partial charge in [0.2, 0.25) is 0 Å². The second kappa shape index (κ2) is 6.70. The molecule has 1 saturated carbocycles. The van der Waals surface area contributed by atoms with Crippen LogP contribution in [-0.2, 0) is 5.41 Å². The molecule has 1 aromatic carbocycles. The molecule has 1 amide bonds. The van der Waals surface area contributed by atoms with Crippen LogP contribution in [-0.4, -0.2) is 27.4 Å². The molecule has 0 radical (unpaired) electrons. The smallest absolute Gasteiger partial charge is 0.327 e. The average molecular weight is 382 g/mol. The van der Waals surface area contributed by atoms with E-state index in [9.17, 15) is 18.8 Å². The fraction of sp³-hybridized carbons (Fsp3) is 0.300.